The fraction of sp³-hybridized carbons (Fsp3) is 0.436. The lowest BCUT2D eigenvalue weighted by atomic mass is 9.86. The highest BCUT2D eigenvalue weighted by molar-refractivity contribution is 7.23. The third-order valence-electron chi connectivity index (χ3n) is 10.1. The van der Waals surface area contributed by atoms with Crippen molar-refractivity contribution in [3.8, 4) is 22.9 Å². The van der Waals surface area contributed by atoms with Crippen molar-refractivity contribution in [2.24, 2.45) is 10.9 Å². The van der Waals surface area contributed by atoms with Crippen LogP contribution in [0.4, 0.5) is 9.39 Å². The van der Waals surface area contributed by atoms with Crippen molar-refractivity contribution in [2.75, 3.05) is 32.0 Å². The van der Waals surface area contributed by atoms with Crippen LogP contribution in [0.1, 0.15) is 81.2 Å². The van der Waals surface area contributed by atoms with Gasteiger partial charge in [0.1, 0.15) is 35.1 Å². The van der Waals surface area contributed by atoms with E-state index >= 15 is 4.39 Å². The average molecular weight is 714 g/mol. The number of nitrogens with one attached hydrogen (secondary N) is 3. The molecule has 4 aliphatic rings. The summed E-state index contributed by atoms with van der Waals surface area (Å²) in [6, 6.07) is 5.12. The van der Waals surface area contributed by atoms with Crippen LogP contribution in [0, 0.1) is 30.0 Å². The molecule has 0 bridgehead atoms. The third kappa shape index (κ3) is 6.78. The smallest absolute Gasteiger partial charge is 0.188 e. The molecule has 2 atom stereocenters. The first kappa shape index (κ1) is 36.2. The van der Waals surface area contributed by atoms with Gasteiger partial charge in [-0.25, -0.2) is 4.39 Å². The van der Waals surface area contributed by atoms with Crippen molar-refractivity contribution < 1.29 is 19.0 Å². The summed E-state index contributed by atoms with van der Waals surface area (Å²) in [5.41, 5.74) is 17.4. The number of phenols is 1. The molecule has 1 aromatic heterocycles. The molecule has 0 radical (unpaired) electrons. The van der Waals surface area contributed by atoms with Gasteiger partial charge in [-0.1, -0.05) is 33.8 Å². The minimum Gasteiger partial charge on any atom is -0.507 e. The van der Waals surface area contributed by atoms with Gasteiger partial charge in [-0.15, -0.1) is 11.3 Å². The van der Waals surface area contributed by atoms with Crippen LogP contribution >= 0.6 is 11.3 Å². The molecule has 12 heteroatoms. The number of amidine groups is 1. The van der Waals surface area contributed by atoms with Crippen LogP contribution in [-0.4, -0.2) is 47.6 Å². The maximum atomic E-state index is 15.0. The Balaban J connectivity index is 0.00000220. The van der Waals surface area contributed by atoms with Gasteiger partial charge in [0.05, 0.1) is 41.3 Å². The minimum absolute atomic E-state index is 0.0114. The predicted molar refractivity (Wildman–Crippen MR) is 202 cm³/mol. The number of phenolic OH excluding ortho intramolecular Hbond substituents is 1. The van der Waals surface area contributed by atoms with E-state index in [0.29, 0.717) is 52.9 Å². The van der Waals surface area contributed by atoms with Crippen LogP contribution in [0.5, 0.6) is 5.75 Å². The molecular weight excluding hydrogens is 666 g/mol. The van der Waals surface area contributed by atoms with Crippen molar-refractivity contribution in [3.05, 3.63) is 81.8 Å². The van der Waals surface area contributed by atoms with Gasteiger partial charge in [-0.3, -0.25) is 9.89 Å². The molecular formula is C39H48FN7O3S. The van der Waals surface area contributed by atoms with Gasteiger partial charge < -0.3 is 36.5 Å². The summed E-state index contributed by atoms with van der Waals surface area (Å²) in [7, 11) is 0. The molecule has 2 saturated heterocycles. The van der Waals surface area contributed by atoms with Crippen LogP contribution in [-0.2, 0) is 22.7 Å². The maximum absolute atomic E-state index is 15.0. The van der Waals surface area contributed by atoms with Crippen LogP contribution < -0.4 is 21.9 Å². The van der Waals surface area contributed by atoms with E-state index in [1.165, 1.54) is 12.5 Å². The van der Waals surface area contributed by atoms with Crippen molar-refractivity contribution >= 4 is 32.3 Å². The number of ether oxygens (including phenoxy) is 2. The van der Waals surface area contributed by atoms with Gasteiger partial charge in [-0.05, 0) is 86.1 Å². The Labute approximate surface area is 303 Å². The van der Waals surface area contributed by atoms with E-state index in [1.54, 1.807) is 12.3 Å². The number of thiophene rings is 1. The third-order valence-corrected chi connectivity index (χ3v) is 11.1. The number of aliphatic imine (C=N–C) groups is 1. The topological polar surface area (TPSA) is 140 Å². The Hall–Kier alpha value is -4.57. The van der Waals surface area contributed by atoms with Crippen molar-refractivity contribution in [1.82, 2.24) is 21.1 Å². The number of hydrogen-bond donors (Lipinski definition) is 5. The van der Waals surface area contributed by atoms with Gasteiger partial charge in [0.2, 0.25) is 0 Å². The Morgan fingerprint density at radius 3 is 2.88 bits per heavy atom. The first-order valence-electron chi connectivity index (χ1n) is 17.9. The average Bonchev–Trinajstić information content (AvgIpc) is 3.91. The van der Waals surface area contributed by atoms with Crippen molar-refractivity contribution in [2.45, 2.75) is 79.1 Å². The number of anilines is 1. The highest BCUT2D eigenvalue weighted by atomic mass is 32.1. The Kier molecular flexibility index (Phi) is 10.9. The highest BCUT2D eigenvalue weighted by Gasteiger charge is 2.47. The summed E-state index contributed by atoms with van der Waals surface area (Å²) in [4.78, 5) is 7.66. The van der Waals surface area contributed by atoms with E-state index in [4.69, 9.17) is 20.2 Å². The standard InChI is InChI=1S/C37H42FN7O3S.C2H6/c1-4-7-29(48-20-37-11-6-13-45(37)17-21(2)14-37)43-36(41-16-23-8-5-12-42-44-23)30-22(3)33(46)31(27-19-47-18-26(27)30)24-9-10-28(38)34-32(24)25(15-39)35(40)49-34;1-2/h5,7-10,12,21,42,44,46H,4,6,11,13-14,16-20,40H2,1-3H3,(H,41,43);1-2H3/b29-7-;. The molecule has 7 rings (SSSR count). The second-order valence-corrected chi connectivity index (χ2v) is 14.4. The summed E-state index contributed by atoms with van der Waals surface area (Å²) >= 11 is 1.03. The number of fused-ring (bicyclic) bond motifs is 3. The highest BCUT2D eigenvalue weighted by Crippen LogP contribution is 2.48. The second-order valence-electron chi connectivity index (χ2n) is 13.4. The van der Waals surface area contributed by atoms with Crippen LogP contribution in [0.25, 0.3) is 21.2 Å². The van der Waals surface area contributed by atoms with E-state index in [2.05, 4.69) is 41.0 Å². The molecule has 0 saturated carbocycles. The molecule has 51 heavy (non-hydrogen) atoms. The summed E-state index contributed by atoms with van der Waals surface area (Å²) in [5, 5.41) is 26.2. The molecule has 3 aromatic rings. The second kappa shape index (κ2) is 15.4. The van der Waals surface area contributed by atoms with E-state index < -0.39 is 5.82 Å². The van der Waals surface area contributed by atoms with Crippen LogP contribution in [0.15, 0.2) is 53.1 Å². The number of allylic oxidation sites excluding steroid dienone is 3. The summed E-state index contributed by atoms with van der Waals surface area (Å²) in [5.74, 6) is 1.34. The number of hydrazine groups is 1. The molecule has 6 N–H and O–H groups in total. The van der Waals surface area contributed by atoms with Crippen LogP contribution in [0.2, 0.25) is 0 Å². The molecule has 0 spiro atoms. The van der Waals surface area contributed by atoms with E-state index in [-0.39, 0.29) is 39.8 Å². The molecule has 10 nitrogen and oxygen atoms in total. The summed E-state index contributed by atoms with van der Waals surface area (Å²) in [6.45, 7) is 13.9. The molecule has 2 unspecified atom stereocenters. The molecule has 5 heterocycles. The largest absolute Gasteiger partial charge is 0.507 e. The number of benzene rings is 2. The quantitative estimate of drug-likeness (QED) is 0.0884. The van der Waals surface area contributed by atoms with Crippen molar-refractivity contribution in [3.63, 3.8) is 0 Å². The zero-order chi connectivity index (χ0) is 36.3. The van der Waals surface area contributed by atoms with Crippen molar-refractivity contribution in [1.29, 1.82) is 5.26 Å². The Morgan fingerprint density at radius 1 is 1.33 bits per heavy atom. The van der Waals surface area contributed by atoms with Gasteiger partial charge in [-0.2, -0.15) is 5.26 Å². The minimum atomic E-state index is -0.464. The molecule has 4 aliphatic heterocycles. The monoisotopic (exact) mass is 713 g/mol. The number of rotatable bonds is 9. The predicted octanol–water partition coefficient (Wildman–Crippen LogP) is 7.22. The van der Waals surface area contributed by atoms with Gasteiger partial charge >= 0.3 is 0 Å². The Bertz CT molecular complexity index is 1980. The lowest BCUT2D eigenvalue weighted by molar-refractivity contribution is 0.0680. The molecule has 2 fully saturated rings. The Morgan fingerprint density at radius 2 is 2.14 bits per heavy atom. The van der Waals surface area contributed by atoms with Gasteiger partial charge in [0.25, 0.3) is 0 Å². The van der Waals surface area contributed by atoms with E-state index in [0.717, 1.165) is 66.1 Å². The van der Waals surface area contributed by atoms with Crippen LogP contribution in [0.3, 0.4) is 0 Å². The zero-order valence-electron chi connectivity index (χ0n) is 30.1. The number of hydrogen-bond acceptors (Lipinski definition) is 10. The fourth-order valence-electron chi connectivity index (χ4n) is 7.98. The molecule has 0 amide bonds. The number of nitrogens with two attached hydrogens (primary N) is 1. The molecule has 270 valence electrons. The molecule has 0 aliphatic carbocycles. The summed E-state index contributed by atoms with van der Waals surface area (Å²) in [6.07, 6.45) is 11.9. The first-order chi connectivity index (χ1) is 24.7. The van der Waals surface area contributed by atoms with Gasteiger partial charge in [0, 0.05) is 34.8 Å². The van der Waals surface area contributed by atoms with E-state index in [1.807, 2.05) is 39.0 Å². The maximum Gasteiger partial charge on any atom is 0.188 e. The number of nitrogen functional groups attached to an aromatic ring is 1. The summed E-state index contributed by atoms with van der Waals surface area (Å²) < 4.78 is 28.0. The lowest BCUT2D eigenvalue weighted by Crippen LogP contribution is -2.43. The number of halogens is 1. The first-order valence-corrected chi connectivity index (χ1v) is 18.7. The number of nitrogens with zero attached hydrogens (tertiary/aromatic N) is 3. The number of nitriles is 1. The lowest BCUT2D eigenvalue weighted by Gasteiger charge is -2.32. The zero-order valence-corrected chi connectivity index (χ0v) is 30.9. The SMILES string of the molecule is CC.CC/C=C(/NC(=NCC1=CC=CNN1)c1c(C)c(O)c(-c2ccc(F)c3sc(N)c(C#N)c23)c2c1COC2)OCC12CCCN1CC(C)C2. The van der Waals surface area contributed by atoms with Gasteiger partial charge in [0.15, 0.2) is 5.88 Å². The van der Waals surface area contributed by atoms with E-state index in [9.17, 15) is 10.4 Å². The normalized spacial score (nSPS) is 21.3. The molecule has 2 aromatic carbocycles. The fourth-order valence-corrected chi connectivity index (χ4v) is 8.93. The number of aromatic hydroxyl groups is 1.